The average Bonchev–Trinajstić information content (AvgIpc) is 3.48. The summed E-state index contributed by atoms with van der Waals surface area (Å²) in [5.41, 5.74) is 0.102. The van der Waals surface area contributed by atoms with Crippen LogP contribution in [0.25, 0.3) is 10.9 Å². The van der Waals surface area contributed by atoms with Gasteiger partial charge in [0.15, 0.2) is 6.23 Å². The van der Waals surface area contributed by atoms with Gasteiger partial charge in [-0.3, -0.25) is 0 Å². The number of ether oxygens (including phenoxy) is 5. The van der Waals surface area contributed by atoms with E-state index in [2.05, 4.69) is 0 Å². The summed E-state index contributed by atoms with van der Waals surface area (Å²) in [7, 11) is -0.699. The zero-order valence-corrected chi connectivity index (χ0v) is 29.3. The Labute approximate surface area is 281 Å². The number of hydrogen-bond acceptors (Lipinski definition) is 10. The van der Waals surface area contributed by atoms with Gasteiger partial charge in [-0.05, 0) is 84.8 Å². The third kappa shape index (κ3) is 7.10. The maximum Gasteiger partial charge on any atom is 0.508 e. The van der Waals surface area contributed by atoms with Crippen LogP contribution in [-0.2, 0) is 39.4 Å². The van der Waals surface area contributed by atoms with Crippen LogP contribution < -0.4 is 5.46 Å². The first-order valence-electron chi connectivity index (χ1n) is 16.7. The lowest BCUT2D eigenvalue weighted by atomic mass is 9.73. The molecule has 0 radical (unpaired) electrons. The quantitative estimate of drug-likeness (QED) is 0.285. The van der Waals surface area contributed by atoms with Crippen molar-refractivity contribution in [1.29, 1.82) is 0 Å². The molecule has 4 heterocycles. The second-order valence-electron chi connectivity index (χ2n) is 15.1. The number of hydrogen-bond donors (Lipinski definition) is 0. The summed E-state index contributed by atoms with van der Waals surface area (Å²) in [5.74, 6) is 0. The van der Waals surface area contributed by atoms with Gasteiger partial charge in [0.25, 0.3) is 0 Å². The Morgan fingerprint density at radius 1 is 1.11 bits per heavy atom. The molecule has 258 valence electrons. The fourth-order valence-electron chi connectivity index (χ4n) is 6.69. The Bertz CT molecular complexity index is 1480. The SMILES string of the molecule is CC(C)(C)OC(=O)N1CCOC2(CC(OC(=O)OCCc3c(Cl)cc4c(cnn4C4CCCCO4)c3B3OC(C)(C)C(C)(C)O3)C2)C1. The van der Waals surface area contributed by atoms with Crippen LogP contribution in [0.1, 0.15) is 92.4 Å². The van der Waals surface area contributed by atoms with Crippen LogP contribution in [0.4, 0.5) is 9.59 Å². The topological polar surface area (TPSA) is 120 Å². The number of aromatic nitrogens is 2. The Balaban J connectivity index is 1.11. The minimum absolute atomic E-state index is 0.0389. The molecular weight excluding hydrogens is 629 g/mol. The summed E-state index contributed by atoms with van der Waals surface area (Å²) >= 11 is 6.96. The van der Waals surface area contributed by atoms with Gasteiger partial charge in [-0.25, -0.2) is 14.3 Å². The molecule has 3 saturated heterocycles. The summed E-state index contributed by atoms with van der Waals surface area (Å²) in [5, 5.41) is 6.06. The summed E-state index contributed by atoms with van der Waals surface area (Å²) in [6, 6.07) is 1.89. The van der Waals surface area contributed by atoms with Crippen molar-refractivity contribution in [2.75, 3.05) is 32.9 Å². The van der Waals surface area contributed by atoms with Crippen molar-refractivity contribution in [2.24, 2.45) is 0 Å². The summed E-state index contributed by atoms with van der Waals surface area (Å²) in [6.07, 6.45) is 4.38. The molecule has 3 aliphatic heterocycles. The molecule has 47 heavy (non-hydrogen) atoms. The van der Waals surface area contributed by atoms with Crippen molar-refractivity contribution in [1.82, 2.24) is 14.7 Å². The summed E-state index contributed by atoms with van der Waals surface area (Å²) < 4.78 is 43.6. The van der Waals surface area contributed by atoms with Crippen molar-refractivity contribution in [3.05, 3.63) is 22.8 Å². The predicted molar refractivity (Wildman–Crippen MR) is 175 cm³/mol. The molecule has 2 aromatic rings. The molecule has 6 rings (SSSR count). The number of halogens is 1. The van der Waals surface area contributed by atoms with E-state index in [4.69, 9.17) is 49.7 Å². The van der Waals surface area contributed by atoms with Gasteiger partial charge in [0, 0.05) is 42.8 Å². The lowest BCUT2D eigenvalue weighted by Gasteiger charge is -2.51. The first-order valence-corrected chi connectivity index (χ1v) is 17.1. The third-order valence-corrected chi connectivity index (χ3v) is 10.2. The second-order valence-corrected chi connectivity index (χ2v) is 15.5. The lowest BCUT2D eigenvalue weighted by molar-refractivity contribution is -0.192. The van der Waals surface area contributed by atoms with Crippen LogP contribution in [0.15, 0.2) is 12.3 Å². The van der Waals surface area contributed by atoms with E-state index in [-0.39, 0.29) is 25.0 Å². The van der Waals surface area contributed by atoms with Crippen molar-refractivity contribution >= 4 is 47.3 Å². The maximum absolute atomic E-state index is 12.7. The van der Waals surface area contributed by atoms with Gasteiger partial charge in [-0.2, -0.15) is 5.10 Å². The molecule has 4 fully saturated rings. The predicted octanol–water partition coefficient (Wildman–Crippen LogP) is 5.55. The number of rotatable bonds is 6. The normalized spacial score (nSPS) is 27.1. The van der Waals surface area contributed by atoms with Gasteiger partial charge >= 0.3 is 19.4 Å². The van der Waals surface area contributed by atoms with Gasteiger partial charge in [0.2, 0.25) is 0 Å². The van der Waals surface area contributed by atoms with Crippen LogP contribution in [0.2, 0.25) is 5.02 Å². The van der Waals surface area contributed by atoms with E-state index >= 15 is 0 Å². The number of benzene rings is 1. The lowest BCUT2D eigenvalue weighted by Crippen LogP contribution is -2.62. The Morgan fingerprint density at radius 2 is 1.83 bits per heavy atom. The Morgan fingerprint density at radius 3 is 2.49 bits per heavy atom. The van der Waals surface area contributed by atoms with Crippen LogP contribution in [0, 0.1) is 0 Å². The smallest absolute Gasteiger partial charge is 0.444 e. The molecule has 14 heteroatoms. The average molecular weight is 676 g/mol. The zero-order chi connectivity index (χ0) is 33.8. The zero-order valence-electron chi connectivity index (χ0n) is 28.6. The fourth-order valence-corrected chi connectivity index (χ4v) is 6.99. The molecule has 1 atom stereocenters. The number of fused-ring (bicyclic) bond motifs is 1. The van der Waals surface area contributed by atoms with Crippen LogP contribution in [0.5, 0.6) is 0 Å². The van der Waals surface area contributed by atoms with Crippen molar-refractivity contribution < 1.29 is 42.6 Å². The molecule has 1 aliphatic carbocycles. The largest absolute Gasteiger partial charge is 0.508 e. The van der Waals surface area contributed by atoms with Gasteiger partial charge in [-0.15, -0.1) is 0 Å². The van der Waals surface area contributed by atoms with Gasteiger partial charge in [-0.1, -0.05) is 11.6 Å². The fraction of sp³-hybridized carbons (Fsp3) is 0.727. The van der Waals surface area contributed by atoms with Crippen LogP contribution in [0.3, 0.4) is 0 Å². The van der Waals surface area contributed by atoms with Gasteiger partial charge in [0.05, 0.1) is 48.3 Å². The minimum Gasteiger partial charge on any atom is -0.444 e. The van der Waals surface area contributed by atoms with E-state index < -0.39 is 35.7 Å². The molecule has 12 nitrogen and oxygen atoms in total. The van der Waals surface area contributed by atoms with Crippen molar-refractivity contribution in [3.63, 3.8) is 0 Å². The number of carbonyl (C=O) groups excluding carboxylic acids is 2. The number of amides is 1. The highest BCUT2D eigenvalue weighted by Crippen LogP contribution is 2.41. The van der Waals surface area contributed by atoms with Gasteiger partial charge in [0.1, 0.15) is 11.7 Å². The van der Waals surface area contributed by atoms with Crippen molar-refractivity contribution in [2.45, 2.75) is 122 Å². The van der Waals surface area contributed by atoms with E-state index in [0.717, 1.165) is 41.2 Å². The molecule has 1 spiro atoms. The number of nitrogens with zero attached hydrogens (tertiary/aromatic N) is 3. The molecule has 0 N–H and O–H groups in total. The van der Waals surface area contributed by atoms with E-state index in [1.54, 1.807) is 4.90 Å². The Kier molecular flexibility index (Phi) is 9.27. The maximum atomic E-state index is 12.7. The highest BCUT2D eigenvalue weighted by Gasteiger charge is 2.53. The highest BCUT2D eigenvalue weighted by molar-refractivity contribution is 6.66. The van der Waals surface area contributed by atoms with Crippen molar-refractivity contribution in [3.8, 4) is 0 Å². The molecule has 4 aliphatic rings. The summed E-state index contributed by atoms with van der Waals surface area (Å²) in [4.78, 5) is 27.0. The molecule has 1 aromatic heterocycles. The summed E-state index contributed by atoms with van der Waals surface area (Å²) in [6.45, 7) is 15.5. The monoisotopic (exact) mass is 675 g/mol. The van der Waals surface area contributed by atoms with E-state index in [1.807, 2.05) is 65.4 Å². The molecule has 1 unspecified atom stereocenters. The van der Waals surface area contributed by atoms with Gasteiger partial charge < -0.3 is 37.9 Å². The van der Waals surface area contributed by atoms with E-state index in [0.29, 0.717) is 50.6 Å². The molecule has 1 saturated carbocycles. The molecule has 1 amide bonds. The van der Waals surface area contributed by atoms with Crippen LogP contribution >= 0.6 is 11.6 Å². The van der Waals surface area contributed by atoms with E-state index in [1.165, 1.54) is 0 Å². The second kappa shape index (κ2) is 12.7. The first-order chi connectivity index (χ1) is 22.1. The number of carbonyl (C=O) groups is 2. The molecule has 1 aromatic carbocycles. The van der Waals surface area contributed by atoms with E-state index in [9.17, 15) is 9.59 Å². The minimum atomic E-state index is -0.763. The number of morpholine rings is 1. The Hall–Kier alpha value is -2.58. The van der Waals surface area contributed by atoms with Crippen LogP contribution in [-0.4, -0.2) is 95.5 Å². The third-order valence-electron chi connectivity index (χ3n) is 9.85. The highest BCUT2D eigenvalue weighted by atomic mass is 35.5. The first kappa shape index (κ1) is 34.3. The standard InChI is InChI=1S/C33H47BClN3O9/c1-30(2,3)45-28(39)37-12-15-43-33(20-37)17-21(18-33)44-29(40)42-14-11-22-24(35)16-25-23(19-36-38(25)26-10-8-9-13-41-26)27(22)34-46-31(4,5)32(6,7)47-34/h16,19,21,26H,8-15,17-18,20H2,1-7H3. The molecular formula is C33H47BClN3O9. The molecule has 0 bridgehead atoms.